The molecule has 3 aromatic rings. The third kappa shape index (κ3) is 4.12. The number of rotatable bonds is 6. The topological polar surface area (TPSA) is 71.9 Å². The summed E-state index contributed by atoms with van der Waals surface area (Å²) in [5.74, 6) is 1.14. The molecule has 134 valence electrons. The van der Waals surface area contributed by atoms with Crippen LogP contribution in [0, 0.1) is 4.77 Å². The Morgan fingerprint density at radius 1 is 1.27 bits per heavy atom. The van der Waals surface area contributed by atoms with E-state index >= 15 is 0 Å². The van der Waals surface area contributed by atoms with Crippen LogP contribution in [0.4, 0.5) is 0 Å². The first-order valence-electron chi connectivity index (χ1n) is 7.88. The van der Waals surface area contributed by atoms with Gasteiger partial charge in [0.25, 0.3) is 0 Å². The number of ether oxygens (including phenoxy) is 1. The second-order valence-corrected chi connectivity index (χ2v) is 6.36. The minimum absolute atomic E-state index is 0.0580. The van der Waals surface area contributed by atoms with Crippen LogP contribution in [-0.2, 0) is 17.9 Å². The van der Waals surface area contributed by atoms with Gasteiger partial charge in [-0.25, -0.2) is 0 Å². The zero-order valence-corrected chi connectivity index (χ0v) is 15.6. The van der Waals surface area contributed by atoms with Crippen LogP contribution in [0.25, 0.3) is 11.4 Å². The highest BCUT2D eigenvalue weighted by Crippen LogP contribution is 2.20. The number of hydrogen-bond donors (Lipinski definition) is 2. The molecule has 0 spiro atoms. The molecule has 0 unspecified atom stereocenters. The molecule has 0 fully saturated rings. The van der Waals surface area contributed by atoms with Crippen LogP contribution in [0.5, 0.6) is 5.75 Å². The lowest BCUT2D eigenvalue weighted by atomic mass is 10.2. The Morgan fingerprint density at radius 2 is 2.00 bits per heavy atom. The van der Waals surface area contributed by atoms with Gasteiger partial charge < -0.3 is 10.1 Å². The van der Waals surface area contributed by atoms with Gasteiger partial charge in [0, 0.05) is 22.7 Å². The Hall–Kier alpha value is -2.64. The van der Waals surface area contributed by atoms with E-state index in [2.05, 4.69) is 15.5 Å². The third-order valence-corrected chi connectivity index (χ3v) is 4.39. The van der Waals surface area contributed by atoms with Crippen LogP contribution in [0.3, 0.4) is 0 Å². The fraction of sp³-hybridized carbons (Fsp3) is 0.167. The van der Waals surface area contributed by atoms with Crippen molar-refractivity contribution < 1.29 is 9.53 Å². The van der Waals surface area contributed by atoms with Gasteiger partial charge >= 0.3 is 0 Å². The van der Waals surface area contributed by atoms with Gasteiger partial charge in [-0.15, -0.1) is 0 Å². The van der Waals surface area contributed by atoms with Crippen molar-refractivity contribution in [3.8, 4) is 17.1 Å². The van der Waals surface area contributed by atoms with Gasteiger partial charge in [0.1, 0.15) is 12.3 Å². The molecule has 0 radical (unpaired) electrons. The van der Waals surface area contributed by atoms with Crippen molar-refractivity contribution in [3.63, 3.8) is 0 Å². The summed E-state index contributed by atoms with van der Waals surface area (Å²) in [5, 5.41) is 10.5. The maximum absolute atomic E-state index is 12.4. The van der Waals surface area contributed by atoms with E-state index in [1.54, 1.807) is 23.8 Å². The molecule has 1 aromatic heterocycles. The summed E-state index contributed by atoms with van der Waals surface area (Å²) in [7, 11) is 1.60. The summed E-state index contributed by atoms with van der Waals surface area (Å²) in [6.45, 7) is 0.423. The van der Waals surface area contributed by atoms with Gasteiger partial charge in [-0.05, 0) is 42.5 Å². The predicted octanol–water partition coefficient (Wildman–Crippen LogP) is 3.59. The van der Waals surface area contributed by atoms with E-state index in [4.69, 9.17) is 28.6 Å². The number of carbonyl (C=O) groups excluding carboxylic acids is 1. The zero-order chi connectivity index (χ0) is 18.5. The zero-order valence-electron chi connectivity index (χ0n) is 14.0. The Balaban J connectivity index is 1.73. The molecule has 0 aliphatic heterocycles. The fourth-order valence-electron chi connectivity index (χ4n) is 2.53. The van der Waals surface area contributed by atoms with Crippen molar-refractivity contribution in [3.05, 3.63) is 63.9 Å². The molecule has 0 saturated carbocycles. The van der Waals surface area contributed by atoms with Gasteiger partial charge in [-0.3, -0.25) is 14.5 Å². The smallest absolute Gasteiger partial charge is 0.240 e. The predicted molar refractivity (Wildman–Crippen MR) is 103 cm³/mol. The molecule has 0 aliphatic carbocycles. The van der Waals surface area contributed by atoms with Crippen molar-refractivity contribution in [2.45, 2.75) is 13.1 Å². The summed E-state index contributed by atoms with van der Waals surface area (Å²) in [6, 6.07) is 14.7. The van der Waals surface area contributed by atoms with Gasteiger partial charge in [0.15, 0.2) is 10.6 Å². The van der Waals surface area contributed by atoms with Crippen molar-refractivity contribution in [1.29, 1.82) is 0 Å². The fourth-order valence-corrected chi connectivity index (χ4v) is 2.85. The number of nitrogens with zero attached hydrogens (tertiary/aromatic N) is 2. The average molecular weight is 389 g/mol. The first kappa shape index (κ1) is 18.2. The van der Waals surface area contributed by atoms with Gasteiger partial charge in [-0.2, -0.15) is 5.10 Å². The number of nitrogens with one attached hydrogen (secondary N) is 2. The number of methoxy groups -OCH3 is 1. The van der Waals surface area contributed by atoms with Crippen LogP contribution in [0.2, 0.25) is 5.02 Å². The summed E-state index contributed by atoms with van der Waals surface area (Å²) < 4.78 is 7.32. The number of amides is 1. The minimum Gasteiger partial charge on any atom is -0.496 e. The molecule has 0 bridgehead atoms. The highest BCUT2D eigenvalue weighted by molar-refractivity contribution is 7.71. The van der Waals surface area contributed by atoms with E-state index in [0.717, 1.165) is 16.9 Å². The Bertz CT molecular complexity index is 966. The Labute approximate surface area is 160 Å². The van der Waals surface area contributed by atoms with Gasteiger partial charge in [0.2, 0.25) is 5.91 Å². The molecule has 1 heterocycles. The Morgan fingerprint density at radius 3 is 2.73 bits per heavy atom. The lowest BCUT2D eigenvalue weighted by molar-refractivity contribution is -0.121. The van der Waals surface area contributed by atoms with Gasteiger partial charge in [0.05, 0.1) is 7.11 Å². The second-order valence-electron chi connectivity index (χ2n) is 5.53. The summed E-state index contributed by atoms with van der Waals surface area (Å²) in [5.41, 5.74) is 1.72. The number of benzene rings is 2. The molecule has 0 aliphatic rings. The number of aromatic amines is 1. The van der Waals surface area contributed by atoms with Crippen LogP contribution >= 0.6 is 23.8 Å². The summed E-state index contributed by atoms with van der Waals surface area (Å²) in [6.07, 6.45) is 0. The van der Waals surface area contributed by atoms with Crippen LogP contribution < -0.4 is 10.1 Å². The largest absolute Gasteiger partial charge is 0.496 e. The lowest BCUT2D eigenvalue weighted by Crippen LogP contribution is -2.27. The van der Waals surface area contributed by atoms with E-state index < -0.39 is 0 Å². The van der Waals surface area contributed by atoms with E-state index in [1.807, 2.05) is 36.4 Å². The lowest BCUT2D eigenvalue weighted by Gasteiger charge is -2.11. The van der Waals surface area contributed by atoms with Crippen LogP contribution in [0.1, 0.15) is 5.56 Å². The summed E-state index contributed by atoms with van der Waals surface area (Å²) >= 11 is 11.2. The van der Waals surface area contributed by atoms with E-state index in [9.17, 15) is 4.79 Å². The normalized spacial score (nSPS) is 10.5. The molecule has 1 amide bonds. The quantitative estimate of drug-likeness (QED) is 0.633. The first-order chi connectivity index (χ1) is 12.6. The standard InChI is InChI=1S/C18H17ClN4O2S/c1-25-15-5-3-2-4-13(15)10-20-16(24)11-23-17(21-22-18(23)26)12-6-8-14(19)9-7-12/h2-9H,10-11H2,1H3,(H,20,24)(H,22,26). The molecule has 0 saturated heterocycles. The highest BCUT2D eigenvalue weighted by atomic mass is 35.5. The number of para-hydroxylation sites is 1. The number of hydrogen-bond acceptors (Lipinski definition) is 4. The molecular formula is C18H17ClN4O2S. The highest BCUT2D eigenvalue weighted by Gasteiger charge is 2.13. The molecule has 3 rings (SSSR count). The van der Waals surface area contributed by atoms with Crippen LogP contribution in [0.15, 0.2) is 48.5 Å². The second kappa shape index (κ2) is 8.16. The first-order valence-corrected chi connectivity index (χ1v) is 8.67. The SMILES string of the molecule is COc1ccccc1CNC(=O)Cn1c(-c2ccc(Cl)cc2)n[nH]c1=S. The van der Waals surface area contributed by atoms with E-state index in [0.29, 0.717) is 22.2 Å². The Kier molecular flexibility index (Phi) is 5.70. The molecule has 6 nitrogen and oxygen atoms in total. The molecule has 2 N–H and O–H groups in total. The molecular weight excluding hydrogens is 372 g/mol. The van der Waals surface area contributed by atoms with Gasteiger partial charge in [-0.1, -0.05) is 29.8 Å². The minimum atomic E-state index is -0.177. The summed E-state index contributed by atoms with van der Waals surface area (Å²) in [4.78, 5) is 12.4. The maximum Gasteiger partial charge on any atom is 0.240 e. The third-order valence-electron chi connectivity index (χ3n) is 3.83. The van der Waals surface area contributed by atoms with Crippen molar-refractivity contribution in [1.82, 2.24) is 20.1 Å². The maximum atomic E-state index is 12.4. The molecule has 2 aromatic carbocycles. The van der Waals surface area contributed by atoms with Crippen molar-refractivity contribution in [2.24, 2.45) is 0 Å². The number of carbonyl (C=O) groups is 1. The van der Waals surface area contributed by atoms with E-state index in [-0.39, 0.29) is 12.5 Å². The van der Waals surface area contributed by atoms with Crippen LogP contribution in [-0.4, -0.2) is 27.8 Å². The number of aromatic nitrogens is 3. The average Bonchev–Trinajstić information content (AvgIpc) is 3.01. The van der Waals surface area contributed by atoms with E-state index in [1.165, 1.54) is 0 Å². The number of halogens is 1. The monoisotopic (exact) mass is 388 g/mol. The molecule has 26 heavy (non-hydrogen) atoms. The number of H-pyrrole nitrogens is 1. The molecule has 0 atom stereocenters. The van der Waals surface area contributed by atoms with Crippen molar-refractivity contribution in [2.75, 3.05) is 7.11 Å². The molecule has 8 heteroatoms. The van der Waals surface area contributed by atoms with Crippen molar-refractivity contribution >= 4 is 29.7 Å².